The van der Waals surface area contributed by atoms with Crippen LogP contribution in [0.3, 0.4) is 0 Å². The predicted octanol–water partition coefficient (Wildman–Crippen LogP) is 7.85. The van der Waals surface area contributed by atoms with Crippen LogP contribution in [-0.2, 0) is 0 Å². The molecule has 0 saturated carbocycles. The molecule has 22 heavy (non-hydrogen) atoms. The molecular weight excluding hydrogens is 264 g/mol. The first-order valence-electron chi connectivity index (χ1n) is 9.74. The Morgan fingerprint density at radius 2 is 1.18 bits per heavy atom. The Kier molecular flexibility index (Phi) is 6.96. The monoisotopic (exact) mass is 304 g/mol. The quantitative estimate of drug-likeness (QED) is 0.428. The lowest BCUT2D eigenvalue weighted by molar-refractivity contribution is 0.112. The molecule has 0 spiro atoms. The first-order valence-corrected chi connectivity index (χ1v) is 9.74. The van der Waals surface area contributed by atoms with E-state index in [4.69, 9.17) is 0 Å². The van der Waals surface area contributed by atoms with Crippen molar-refractivity contribution in [1.29, 1.82) is 0 Å². The van der Waals surface area contributed by atoms with Crippen molar-refractivity contribution in [3.05, 3.63) is 22.3 Å². The molecule has 0 N–H and O–H groups in total. The molecule has 0 heteroatoms. The van der Waals surface area contributed by atoms with Crippen LogP contribution in [0, 0.1) is 10.8 Å². The molecule has 0 radical (unpaired) electrons. The van der Waals surface area contributed by atoms with Crippen molar-refractivity contribution in [2.45, 2.75) is 107 Å². The third kappa shape index (κ3) is 3.08. The number of allylic oxidation sites excluding steroid dienone is 4. The Hall–Kier alpha value is -0.520. The van der Waals surface area contributed by atoms with Crippen molar-refractivity contribution in [2.75, 3.05) is 0 Å². The molecule has 0 bridgehead atoms. The van der Waals surface area contributed by atoms with Crippen molar-refractivity contribution in [1.82, 2.24) is 0 Å². The van der Waals surface area contributed by atoms with Crippen molar-refractivity contribution in [2.24, 2.45) is 10.8 Å². The molecule has 0 amide bonds. The molecule has 0 heterocycles. The summed E-state index contributed by atoms with van der Waals surface area (Å²) in [6.45, 7) is 19.4. The number of hydrogen-bond donors (Lipinski definition) is 0. The van der Waals surface area contributed by atoms with Gasteiger partial charge in [0, 0.05) is 0 Å². The van der Waals surface area contributed by atoms with E-state index in [0.717, 1.165) is 0 Å². The van der Waals surface area contributed by atoms with Gasteiger partial charge in [0.15, 0.2) is 0 Å². The van der Waals surface area contributed by atoms with Gasteiger partial charge in [0.2, 0.25) is 0 Å². The van der Waals surface area contributed by atoms with E-state index in [1.165, 1.54) is 51.4 Å². The van der Waals surface area contributed by atoms with Gasteiger partial charge in [-0.1, -0.05) is 78.4 Å². The molecule has 0 fully saturated rings. The smallest absolute Gasteiger partial charge is 0.00195 e. The molecule has 1 rings (SSSR count). The summed E-state index contributed by atoms with van der Waals surface area (Å²) < 4.78 is 0. The Balaban J connectivity index is 3.60. The van der Waals surface area contributed by atoms with Gasteiger partial charge in [-0.2, -0.15) is 0 Å². The Labute approximate surface area is 140 Å². The summed E-state index contributed by atoms with van der Waals surface area (Å²) in [6.07, 6.45) is 10.3. The summed E-state index contributed by atoms with van der Waals surface area (Å²) in [5.74, 6) is 0. The van der Waals surface area contributed by atoms with E-state index in [9.17, 15) is 0 Å². The van der Waals surface area contributed by atoms with Crippen LogP contribution in [0.2, 0.25) is 0 Å². The maximum absolute atomic E-state index is 2.59. The van der Waals surface area contributed by atoms with Crippen molar-refractivity contribution in [3.63, 3.8) is 0 Å². The van der Waals surface area contributed by atoms with E-state index >= 15 is 0 Å². The lowest BCUT2D eigenvalue weighted by Gasteiger charge is -2.54. The van der Waals surface area contributed by atoms with Crippen LogP contribution in [0.15, 0.2) is 22.3 Å². The largest absolute Gasteiger partial charge is 0.0654 e. The van der Waals surface area contributed by atoms with E-state index in [1.807, 2.05) is 0 Å². The molecule has 0 aromatic heterocycles. The summed E-state index contributed by atoms with van der Waals surface area (Å²) in [7, 11) is 0. The van der Waals surface area contributed by atoms with Gasteiger partial charge in [-0.3, -0.25) is 0 Å². The Morgan fingerprint density at radius 1 is 0.682 bits per heavy atom. The highest BCUT2D eigenvalue weighted by Gasteiger charge is 2.50. The normalized spacial score (nSPS) is 29.5. The van der Waals surface area contributed by atoms with E-state index < -0.39 is 0 Å². The highest BCUT2D eigenvalue weighted by atomic mass is 14.5. The van der Waals surface area contributed by atoms with Crippen LogP contribution < -0.4 is 0 Å². The fourth-order valence-electron chi connectivity index (χ4n) is 5.10. The fraction of sp³-hybridized carbons (Fsp3) is 0.818. The molecule has 1 aliphatic rings. The van der Waals surface area contributed by atoms with Crippen LogP contribution in [0.1, 0.15) is 107 Å². The van der Waals surface area contributed by atoms with E-state index in [2.05, 4.69) is 55.4 Å². The van der Waals surface area contributed by atoms with Gasteiger partial charge in [0.25, 0.3) is 0 Å². The van der Waals surface area contributed by atoms with Gasteiger partial charge in [-0.25, -0.2) is 0 Å². The highest BCUT2D eigenvalue weighted by Crippen LogP contribution is 2.61. The summed E-state index contributed by atoms with van der Waals surface area (Å²) in [4.78, 5) is 0. The molecular formula is C22H40. The lowest BCUT2D eigenvalue weighted by Crippen LogP contribution is -2.43. The molecule has 0 aliphatic heterocycles. The van der Waals surface area contributed by atoms with Crippen LogP contribution in [-0.4, -0.2) is 0 Å². The molecule has 0 nitrogen and oxygen atoms in total. The minimum absolute atomic E-state index is 0.337. The zero-order valence-electron chi connectivity index (χ0n) is 16.7. The Bertz CT molecular complexity index is 437. The second-order valence-corrected chi connectivity index (χ2v) is 7.87. The third-order valence-corrected chi connectivity index (χ3v) is 6.59. The molecule has 0 saturated heterocycles. The second-order valence-electron chi connectivity index (χ2n) is 7.87. The predicted molar refractivity (Wildman–Crippen MR) is 101 cm³/mol. The summed E-state index contributed by atoms with van der Waals surface area (Å²) in [6, 6.07) is 0. The summed E-state index contributed by atoms with van der Waals surface area (Å²) >= 11 is 0. The topological polar surface area (TPSA) is 0 Å². The highest BCUT2D eigenvalue weighted by molar-refractivity contribution is 5.48. The molecule has 2 atom stereocenters. The molecule has 2 unspecified atom stereocenters. The first-order chi connectivity index (χ1) is 10.3. The third-order valence-electron chi connectivity index (χ3n) is 6.59. The molecule has 0 aromatic carbocycles. The lowest BCUT2D eigenvalue weighted by atomic mass is 9.50. The van der Waals surface area contributed by atoms with Gasteiger partial charge in [-0.05, 0) is 61.5 Å². The van der Waals surface area contributed by atoms with Crippen LogP contribution in [0.5, 0.6) is 0 Å². The zero-order valence-corrected chi connectivity index (χ0v) is 16.7. The minimum atomic E-state index is 0.337. The first kappa shape index (κ1) is 19.5. The summed E-state index contributed by atoms with van der Waals surface area (Å²) in [5, 5.41) is 0. The fourth-order valence-corrected chi connectivity index (χ4v) is 5.10. The maximum Gasteiger partial charge on any atom is -0.00195 e. The SMILES string of the molecule is CCCC1=C(CCC)C(C)(CCC)C(C)(CCC)C(C)=C1C. The molecule has 1 aliphatic carbocycles. The van der Waals surface area contributed by atoms with Gasteiger partial charge in [0.1, 0.15) is 0 Å². The Morgan fingerprint density at radius 3 is 1.64 bits per heavy atom. The maximum atomic E-state index is 2.59. The zero-order chi connectivity index (χ0) is 17.0. The van der Waals surface area contributed by atoms with Crippen molar-refractivity contribution < 1.29 is 0 Å². The van der Waals surface area contributed by atoms with Gasteiger partial charge < -0.3 is 0 Å². The molecule has 128 valence electrons. The number of rotatable bonds is 8. The standard InChI is InChI=1S/C22H40/c1-9-13-19-17(5)18(6)21(7,15-11-3)22(8,16-12-4)20(19)14-10-2/h9-16H2,1-8H3. The van der Waals surface area contributed by atoms with Crippen molar-refractivity contribution >= 4 is 0 Å². The van der Waals surface area contributed by atoms with E-state index in [1.54, 1.807) is 22.3 Å². The summed E-state index contributed by atoms with van der Waals surface area (Å²) in [5.41, 5.74) is 7.50. The van der Waals surface area contributed by atoms with Crippen LogP contribution in [0.4, 0.5) is 0 Å². The average Bonchev–Trinajstić information content (AvgIpc) is 2.48. The van der Waals surface area contributed by atoms with Crippen LogP contribution >= 0.6 is 0 Å². The van der Waals surface area contributed by atoms with Gasteiger partial charge in [0.05, 0.1) is 0 Å². The molecule has 0 aromatic rings. The second kappa shape index (κ2) is 7.84. The van der Waals surface area contributed by atoms with Crippen molar-refractivity contribution in [3.8, 4) is 0 Å². The minimum Gasteiger partial charge on any atom is -0.0654 e. The number of hydrogen-bond acceptors (Lipinski definition) is 0. The van der Waals surface area contributed by atoms with Crippen LogP contribution in [0.25, 0.3) is 0 Å². The van der Waals surface area contributed by atoms with Gasteiger partial charge >= 0.3 is 0 Å². The van der Waals surface area contributed by atoms with Gasteiger partial charge in [-0.15, -0.1) is 0 Å². The van der Waals surface area contributed by atoms with E-state index in [0.29, 0.717) is 10.8 Å². The average molecular weight is 305 g/mol. The van der Waals surface area contributed by atoms with E-state index in [-0.39, 0.29) is 0 Å².